The van der Waals surface area contributed by atoms with Crippen molar-refractivity contribution >= 4 is 29.5 Å². The summed E-state index contributed by atoms with van der Waals surface area (Å²) in [6.45, 7) is 5.67. The van der Waals surface area contributed by atoms with Crippen LogP contribution in [0.4, 0.5) is 9.18 Å². The van der Waals surface area contributed by atoms with Crippen molar-refractivity contribution in [2.45, 2.75) is 25.9 Å². The highest BCUT2D eigenvalue weighted by molar-refractivity contribution is 6.31. The normalized spacial score (nSPS) is 20.6. The summed E-state index contributed by atoms with van der Waals surface area (Å²) < 4.78 is 18.7. The summed E-state index contributed by atoms with van der Waals surface area (Å²) in [5.74, 6) is -1.07. The number of likely N-dealkylation sites (N-methyl/N-ethyl adjacent to an activating group) is 1. The third-order valence-corrected chi connectivity index (χ3v) is 7.07. The first kappa shape index (κ1) is 26.6. The van der Waals surface area contributed by atoms with Crippen LogP contribution < -0.4 is 5.32 Å². The SMILES string of the molecule is CCOC(=O)C1=C(CN2CCN(C(=O)c3ccc(F)cc3)[C@@H](C)C2)N(C)C(=O)N[C@@H]1c1ccccc1Cl. The van der Waals surface area contributed by atoms with Gasteiger partial charge < -0.3 is 15.0 Å². The average Bonchev–Trinajstić information content (AvgIpc) is 2.87. The van der Waals surface area contributed by atoms with Gasteiger partial charge in [-0.1, -0.05) is 29.8 Å². The topological polar surface area (TPSA) is 82.2 Å². The second-order valence-corrected chi connectivity index (χ2v) is 9.54. The van der Waals surface area contributed by atoms with Crippen molar-refractivity contribution in [1.29, 1.82) is 0 Å². The Hall–Kier alpha value is -3.43. The van der Waals surface area contributed by atoms with Gasteiger partial charge in [0.05, 0.1) is 18.2 Å². The number of piperazine rings is 1. The van der Waals surface area contributed by atoms with Crippen LogP contribution in [0.25, 0.3) is 0 Å². The van der Waals surface area contributed by atoms with E-state index in [9.17, 15) is 18.8 Å². The second-order valence-electron chi connectivity index (χ2n) is 9.13. The van der Waals surface area contributed by atoms with Crippen molar-refractivity contribution in [3.05, 3.63) is 81.8 Å². The number of urea groups is 1. The fourth-order valence-electron chi connectivity index (χ4n) is 4.79. The zero-order valence-corrected chi connectivity index (χ0v) is 21.8. The number of amides is 3. The van der Waals surface area contributed by atoms with Crippen molar-refractivity contribution < 1.29 is 23.5 Å². The van der Waals surface area contributed by atoms with Crippen LogP contribution in [-0.2, 0) is 9.53 Å². The number of carbonyl (C=O) groups is 3. The number of hydrogen-bond acceptors (Lipinski definition) is 5. The molecule has 2 aliphatic rings. The molecule has 10 heteroatoms. The quantitative estimate of drug-likeness (QED) is 0.576. The van der Waals surface area contributed by atoms with Gasteiger partial charge >= 0.3 is 12.0 Å². The Morgan fingerprint density at radius 1 is 1.14 bits per heavy atom. The van der Waals surface area contributed by atoms with E-state index in [1.54, 1.807) is 43.1 Å². The third kappa shape index (κ3) is 5.62. The summed E-state index contributed by atoms with van der Waals surface area (Å²) in [5, 5.41) is 3.31. The summed E-state index contributed by atoms with van der Waals surface area (Å²) in [5.41, 5.74) is 1.89. The van der Waals surface area contributed by atoms with Crippen LogP contribution in [0.2, 0.25) is 5.02 Å². The van der Waals surface area contributed by atoms with Crippen LogP contribution in [0.1, 0.15) is 35.8 Å². The molecule has 3 amide bonds. The maximum Gasteiger partial charge on any atom is 0.338 e. The van der Waals surface area contributed by atoms with Crippen LogP contribution in [0, 0.1) is 5.82 Å². The van der Waals surface area contributed by atoms with Gasteiger partial charge in [-0.2, -0.15) is 0 Å². The minimum atomic E-state index is -0.759. The van der Waals surface area contributed by atoms with E-state index < -0.39 is 17.8 Å². The number of nitrogens with one attached hydrogen (secondary N) is 1. The molecule has 2 aliphatic heterocycles. The van der Waals surface area contributed by atoms with Crippen molar-refractivity contribution in [3.8, 4) is 0 Å². The minimum absolute atomic E-state index is 0.139. The largest absolute Gasteiger partial charge is 0.463 e. The average molecular weight is 529 g/mol. The molecular formula is C27H30ClFN4O4. The van der Waals surface area contributed by atoms with Crippen molar-refractivity contribution in [2.24, 2.45) is 0 Å². The highest BCUT2D eigenvalue weighted by Crippen LogP contribution is 2.35. The van der Waals surface area contributed by atoms with Gasteiger partial charge in [0.25, 0.3) is 5.91 Å². The summed E-state index contributed by atoms with van der Waals surface area (Å²) in [7, 11) is 1.62. The molecule has 2 aromatic carbocycles. The van der Waals surface area contributed by atoms with Gasteiger partial charge in [-0.15, -0.1) is 0 Å². The summed E-state index contributed by atoms with van der Waals surface area (Å²) in [4.78, 5) is 44.4. The maximum atomic E-state index is 13.3. The highest BCUT2D eigenvalue weighted by atomic mass is 35.5. The molecule has 0 bridgehead atoms. The number of nitrogens with zero attached hydrogens (tertiary/aromatic N) is 3. The molecule has 1 N–H and O–H groups in total. The maximum absolute atomic E-state index is 13.3. The highest BCUT2D eigenvalue weighted by Gasteiger charge is 2.39. The first-order chi connectivity index (χ1) is 17.7. The van der Waals surface area contributed by atoms with E-state index in [2.05, 4.69) is 10.2 Å². The van der Waals surface area contributed by atoms with E-state index in [-0.39, 0.29) is 24.6 Å². The lowest BCUT2D eigenvalue weighted by Gasteiger charge is -2.42. The summed E-state index contributed by atoms with van der Waals surface area (Å²) in [6, 6.07) is 11.3. The van der Waals surface area contributed by atoms with Gasteiger partial charge in [0.2, 0.25) is 0 Å². The van der Waals surface area contributed by atoms with Crippen LogP contribution in [0.3, 0.4) is 0 Å². The smallest absolute Gasteiger partial charge is 0.338 e. The third-order valence-electron chi connectivity index (χ3n) is 6.73. The fraction of sp³-hybridized carbons (Fsp3) is 0.370. The molecule has 0 saturated carbocycles. The molecule has 8 nitrogen and oxygen atoms in total. The number of rotatable bonds is 6. The van der Waals surface area contributed by atoms with Crippen LogP contribution in [-0.4, -0.2) is 78.5 Å². The first-order valence-corrected chi connectivity index (χ1v) is 12.6. The molecular weight excluding hydrogens is 499 g/mol. The monoisotopic (exact) mass is 528 g/mol. The molecule has 0 unspecified atom stereocenters. The molecule has 0 aliphatic carbocycles. The molecule has 1 fully saturated rings. The van der Waals surface area contributed by atoms with E-state index >= 15 is 0 Å². The van der Waals surface area contributed by atoms with E-state index in [1.165, 1.54) is 29.2 Å². The number of ether oxygens (including phenoxy) is 1. The van der Waals surface area contributed by atoms with Gasteiger partial charge in [-0.05, 0) is 49.7 Å². The Labute approximate surface area is 220 Å². The van der Waals surface area contributed by atoms with E-state index in [1.807, 2.05) is 6.92 Å². The van der Waals surface area contributed by atoms with E-state index in [4.69, 9.17) is 16.3 Å². The number of halogens is 2. The summed E-state index contributed by atoms with van der Waals surface area (Å²) in [6.07, 6.45) is 0. The van der Waals surface area contributed by atoms with Crippen molar-refractivity contribution in [3.63, 3.8) is 0 Å². The summed E-state index contributed by atoms with van der Waals surface area (Å²) >= 11 is 6.44. The van der Waals surface area contributed by atoms with Crippen LogP contribution in [0.5, 0.6) is 0 Å². The van der Waals surface area contributed by atoms with Crippen LogP contribution in [0.15, 0.2) is 59.8 Å². The van der Waals surface area contributed by atoms with Crippen molar-refractivity contribution in [1.82, 2.24) is 20.0 Å². The first-order valence-electron chi connectivity index (χ1n) is 12.2. The molecule has 37 heavy (non-hydrogen) atoms. The van der Waals surface area contributed by atoms with E-state index in [0.717, 1.165) is 0 Å². The lowest BCUT2D eigenvalue weighted by molar-refractivity contribution is -0.139. The molecule has 0 spiro atoms. The van der Waals surface area contributed by atoms with Gasteiger partial charge in [0, 0.05) is 55.6 Å². The standard InChI is InChI=1S/C27H30ClFN4O4/c1-4-37-26(35)23-22(31(3)27(36)30-24(23)20-7-5-6-8-21(20)28)16-32-13-14-33(17(2)15-32)25(34)18-9-11-19(29)12-10-18/h5-12,17,24H,4,13-16H2,1-3H3,(H,30,36)/t17-,24+/m0/s1. The molecule has 2 aromatic rings. The van der Waals surface area contributed by atoms with Gasteiger partial charge in [0.15, 0.2) is 0 Å². The van der Waals surface area contributed by atoms with Crippen LogP contribution >= 0.6 is 11.6 Å². The predicted octanol–water partition coefficient (Wildman–Crippen LogP) is 3.84. The Bertz CT molecular complexity index is 1220. The number of hydrogen-bond donors (Lipinski definition) is 1. The Kier molecular flexibility index (Phi) is 8.14. The van der Waals surface area contributed by atoms with E-state index in [0.29, 0.717) is 53.6 Å². The second kappa shape index (κ2) is 11.3. The minimum Gasteiger partial charge on any atom is -0.463 e. The zero-order chi connectivity index (χ0) is 26.7. The number of carbonyl (C=O) groups excluding carboxylic acids is 3. The predicted molar refractivity (Wildman–Crippen MR) is 137 cm³/mol. The number of benzene rings is 2. The lowest BCUT2D eigenvalue weighted by atomic mass is 9.94. The molecule has 1 saturated heterocycles. The molecule has 2 heterocycles. The Balaban J connectivity index is 1.60. The molecule has 2 atom stereocenters. The Morgan fingerprint density at radius 3 is 2.49 bits per heavy atom. The number of esters is 1. The van der Waals surface area contributed by atoms with Gasteiger partial charge in [-0.25, -0.2) is 14.0 Å². The lowest BCUT2D eigenvalue weighted by Crippen LogP contribution is -2.56. The molecule has 196 valence electrons. The molecule has 0 radical (unpaired) electrons. The Morgan fingerprint density at radius 2 is 1.84 bits per heavy atom. The van der Waals surface area contributed by atoms with Crippen molar-refractivity contribution in [2.75, 3.05) is 39.8 Å². The van der Waals surface area contributed by atoms with Gasteiger partial charge in [0.1, 0.15) is 5.82 Å². The molecule has 0 aromatic heterocycles. The van der Waals surface area contributed by atoms with Gasteiger partial charge in [-0.3, -0.25) is 14.6 Å². The fourth-order valence-corrected chi connectivity index (χ4v) is 5.03. The zero-order valence-electron chi connectivity index (χ0n) is 21.0. The molecule has 4 rings (SSSR count).